The molecule has 0 radical (unpaired) electrons. The Morgan fingerprint density at radius 2 is 1.40 bits per heavy atom. The van der Waals surface area contributed by atoms with Crippen LogP contribution in [0.5, 0.6) is 11.5 Å². The highest BCUT2D eigenvalue weighted by Gasteiger charge is 2.23. The van der Waals surface area contributed by atoms with E-state index in [4.69, 9.17) is 14.2 Å². The minimum Gasteiger partial charge on any atom is -0.493 e. The molecule has 0 spiro atoms. The number of carbonyl (C=O) groups is 3. The van der Waals surface area contributed by atoms with Crippen molar-refractivity contribution in [3.8, 4) is 11.5 Å². The highest BCUT2D eigenvalue weighted by atomic mass is 16.5. The molecule has 3 amide bonds. The van der Waals surface area contributed by atoms with Crippen molar-refractivity contribution in [3.63, 3.8) is 0 Å². The van der Waals surface area contributed by atoms with E-state index in [-0.39, 0.29) is 18.6 Å². The number of amides is 3. The fourth-order valence-electron chi connectivity index (χ4n) is 3.22. The molecule has 3 aromatic rings. The third-order valence-electron chi connectivity index (χ3n) is 5.05. The van der Waals surface area contributed by atoms with Crippen molar-refractivity contribution in [2.24, 2.45) is 0 Å². The van der Waals surface area contributed by atoms with Gasteiger partial charge in [0.05, 0.1) is 14.2 Å². The van der Waals surface area contributed by atoms with Crippen LogP contribution >= 0.6 is 0 Å². The van der Waals surface area contributed by atoms with Gasteiger partial charge < -0.3 is 19.5 Å². The zero-order valence-corrected chi connectivity index (χ0v) is 19.4. The van der Waals surface area contributed by atoms with Crippen LogP contribution in [0.3, 0.4) is 0 Å². The number of methoxy groups -OCH3 is 2. The summed E-state index contributed by atoms with van der Waals surface area (Å²) in [7, 11) is 2.95. The summed E-state index contributed by atoms with van der Waals surface area (Å²) in [6, 6.07) is 22.0. The second kappa shape index (κ2) is 12.6. The van der Waals surface area contributed by atoms with Crippen molar-refractivity contribution in [1.82, 2.24) is 16.2 Å². The van der Waals surface area contributed by atoms with Crippen molar-refractivity contribution >= 4 is 17.9 Å². The van der Waals surface area contributed by atoms with Crippen molar-refractivity contribution < 1.29 is 28.6 Å². The van der Waals surface area contributed by atoms with Crippen LogP contribution in [-0.2, 0) is 22.6 Å². The van der Waals surface area contributed by atoms with Crippen LogP contribution in [0.25, 0.3) is 0 Å². The molecule has 35 heavy (non-hydrogen) atoms. The van der Waals surface area contributed by atoms with Gasteiger partial charge in [0.1, 0.15) is 12.6 Å². The molecule has 3 N–H and O–H groups in total. The smallest absolute Gasteiger partial charge is 0.408 e. The third-order valence-corrected chi connectivity index (χ3v) is 5.05. The summed E-state index contributed by atoms with van der Waals surface area (Å²) in [5, 5.41) is 2.57. The molecule has 0 aliphatic rings. The number of carbonyl (C=O) groups excluding carboxylic acids is 3. The molecule has 0 saturated carbocycles. The van der Waals surface area contributed by atoms with Crippen LogP contribution in [0, 0.1) is 0 Å². The van der Waals surface area contributed by atoms with E-state index in [2.05, 4.69) is 16.2 Å². The van der Waals surface area contributed by atoms with Crippen molar-refractivity contribution in [2.45, 2.75) is 19.1 Å². The molecule has 0 bridgehead atoms. The van der Waals surface area contributed by atoms with Gasteiger partial charge in [-0.2, -0.15) is 0 Å². The summed E-state index contributed by atoms with van der Waals surface area (Å²) in [5.74, 6) is -0.339. The molecule has 0 heterocycles. The van der Waals surface area contributed by atoms with Crippen LogP contribution < -0.4 is 25.6 Å². The average Bonchev–Trinajstić information content (AvgIpc) is 2.90. The minimum absolute atomic E-state index is 0.0579. The zero-order chi connectivity index (χ0) is 25.0. The molecule has 1 atom stereocenters. The van der Waals surface area contributed by atoms with Gasteiger partial charge in [0, 0.05) is 12.0 Å². The Morgan fingerprint density at radius 1 is 0.771 bits per heavy atom. The standard InChI is InChI=1S/C26H27N3O6/c1-33-22-14-13-20(16-23(22)34-2)24(30)28-29-25(31)21(15-18-9-5-3-6-10-18)27-26(32)35-17-19-11-7-4-8-12-19/h3-14,16,21H,15,17H2,1-2H3,(H,27,32)(H,28,30)(H,29,31)/t21-/m0/s1. The number of benzene rings is 3. The summed E-state index contributed by atoms with van der Waals surface area (Å²) >= 11 is 0. The summed E-state index contributed by atoms with van der Waals surface area (Å²) in [6.07, 6.45) is -0.560. The highest BCUT2D eigenvalue weighted by Crippen LogP contribution is 2.27. The summed E-state index contributed by atoms with van der Waals surface area (Å²) in [5.41, 5.74) is 6.61. The SMILES string of the molecule is COc1ccc(C(=O)NNC(=O)[C@H](Cc2ccccc2)NC(=O)OCc2ccccc2)cc1OC. The van der Waals surface area contributed by atoms with E-state index in [0.29, 0.717) is 11.5 Å². The largest absolute Gasteiger partial charge is 0.493 e. The van der Waals surface area contributed by atoms with Crippen LogP contribution in [0.15, 0.2) is 78.9 Å². The van der Waals surface area contributed by atoms with Gasteiger partial charge in [-0.05, 0) is 29.3 Å². The average molecular weight is 478 g/mol. The van der Waals surface area contributed by atoms with E-state index >= 15 is 0 Å². The Morgan fingerprint density at radius 3 is 2.03 bits per heavy atom. The van der Waals surface area contributed by atoms with Crippen molar-refractivity contribution in [2.75, 3.05) is 14.2 Å². The molecule has 9 nitrogen and oxygen atoms in total. The molecular formula is C26H27N3O6. The zero-order valence-electron chi connectivity index (χ0n) is 19.4. The van der Waals surface area contributed by atoms with Gasteiger partial charge in [0.2, 0.25) is 0 Å². The number of alkyl carbamates (subject to hydrolysis) is 1. The maximum absolute atomic E-state index is 12.9. The van der Waals surface area contributed by atoms with Crippen molar-refractivity contribution in [3.05, 3.63) is 95.6 Å². The quantitative estimate of drug-likeness (QED) is 0.408. The van der Waals surface area contributed by atoms with Gasteiger partial charge >= 0.3 is 6.09 Å². The normalized spacial score (nSPS) is 11.0. The Hall–Kier alpha value is -4.53. The second-order valence-electron chi connectivity index (χ2n) is 7.46. The molecule has 182 valence electrons. The van der Waals surface area contributed by atoms with Gasteiger partial charge in [-0.3, -0.25) is 20.4 Å². The molecule has 9 heteroatoms. The Labute approximate surface area is 203 Å². The van der Waals surface area contributed by atoms with Gasteiger partial charge in [-0.25, -0.2) is 4.79 Å². The summed E-state index contributed by atoms with van der Waals surface area (Å²) < 4.78 is 15.6. The highest BCUT2D eigenvalue weighted by molar-refractivity contribution is 5.96. The summed E-state index contributed by atoms with van der Waals surface area (Å²) in [4.78, 5) is 37.8. The Bertz CT molecular complexity index is 1140. The lowest BCUT2D eigenvalue weighted by molar-refractivity contribution is -0.123. The fraction of sp³-hybridized carbons (Fsp3) is 0.192. The van der Waals surface area contributed by atoms with Gasteiger partial charge in [-0.15, -0.1) is 0 Å². The lowest BCUT2D eigenvalue weighted by Gasteiger charge is -2.19. The maximum atomic E-state index is 12.9. The number of hydrogen-bond acceptors (Lipinski definition) is 6. The maximum Gasteiger partial charge on any atom is 0.408 e. The van der Waals surface area contributed by atoms with Crippen LogP contribution in [-0.4, -0.2) is 38.2 Å². The van der Waals surface area contributed by atoms with Gasteiger partial charge in [0.15, 0.2) is 11.5 Å². The predicted molar refractivity (Wildman–Crippen MR) is 129 cm³/mol. The van der Waals surface area contributed by atoms with E-state index in [0.717, 1.165) is 11.1 Å². The minimum atomic E-state index is -0.994. The molecule has 3 rings (SSSR count). The number of ether oxygens (including phenoxy) is 3. The first-order valence-electron chi connectivity index (χ1n) is 10.8. The summed E-state index contributed by atoms with van der Waals surface area (Å²) in [6.45, 7) is 0.0579. The Kier molecular flexibility index (Phi) is 9.07. The monoisotopic (exact) mass is 477 g/mol. The first-order chi connectivity index (χ1) is 17.0. The van der Waals surface area contributed by atoms with E-state index in [1.807, 2.05) is 60.7 Å². The lowest BCUT2D eigenvalue weighted by Crippen LogP contribution is -2.53. The second-order valence-corrected chi connectivity index (χ2v) is 7.46. The van der Waals surface area contributed by atoms with Gasteiger partial charge in [0.25, 0.3) is 11.8 Å². The fourth-order valence-corrected chi connectivity index (χ4v) is 3.22. The molecule has 0 aliphatic carbocycles. The molecule has 0 aromatic heterocycles. The molecule has 3 aromatic carbocycles. The third kappa shape index (κ3) is 7.50. The molecule has 0 fully saturated rings. The first kappa shape index (κ1) is 25.1. The molecular weight excluding hydrogens is 450 g/mol. The van der Waals surface area contributed by atoms with Crippen LogP contribution in [0.4, 0.5) is 4.79 Å². The lowest BCUT2D eigenvalue weighted by atomic mass is 10.1. The van der Waals surface area contributed by atoms with Crippen LogP contribution in [0.2, 0.25) is 0 Å². The molecule has 0 unspecified atom stereocenters. The number of hydrazine groups is 1. The van der Waals surface area contributed by atoms with E-state index < -0.39 is 23.9 Å². The van der Waals surface area contributed by atoms with E-state index in [1.165, 1.54) is 26.4 Å². The van der Waals surface area contributed by atoms with Crippen molar-refractivity contribution in [1.29, 1.82) is 0 Å². The van der Waals surface area contributed by atoms with E-state index in [1.54, 1.807) is 6.07 Å². The number of hydrogen-bond donors (Lipinski definition) is 3. The number of rotatable bonds is 9. The first-order valence-corrected chi connectivity index (χ1v) is 10.8. The number of nitrogens with one attached hydrogen (secondary N) is 3. The molecule has 0 aliphatic heterocycles. The molecule has 0 saturated heterocycles. The Balaban J connectivity index is 1.63. The van der Waals surface area contributed by atoms with Crippen LogP contribution in [0.1, 0.15) is 21.5 Å². The van der Waals surface area contributed by atoms with Gasteiger partial charge in [-0.1, -0.05) is 60.7 Å². The predicted octanol–water partition coefficient (Wildman–Crippen LogP) is 3.00. The topological polar surface area (TPSA) is 115 Å². The van der Waals surface area contributed by atoms with E-state index in [9.17, 15) is 14.4 Å².